The smallest absolute Gasteiger partial charge is 0.338 e. The van der Waals surface area contributed by atoms with Gasteiger partial charge in [-0.25, -0.2) is 4.79 Å². The highest BCUT2D eigenvalue weighted by atomic mass is 32.2. The molecule has 2 fully saturated rings. The zero-order valence-corrected chi connectivity index (χ0v) is 16.9. The molecule has 7 heteroatoms. The number of ketones is 2. The second kappa shape index (κ2) is 8.80. The Hall–Kier alpha value is -1.31. The molecular formula is C20H24O5S2. The van der Waals surface area contributed by atoms with Crippen molar-refractivity contribution in [2.75, 3.05) is 18.1 Å². The summed E-state index contributed by atoms with van der Waals surface area (Å²) in [5.41, 5.74) is -1.11. The lowest BCUT2D eigenvalue weighted by molar-refractivity contribution is -0.151. The molecule has 0 bridgehead atoms. The van der Waals surface area contributed by atoms with E-state index in [1.807, 2.05) is 6.07 Å². The zero-order chi connectivity index (χ0) is 19.4. The molecule has 1 saturated carbocycles. The lowest BCUT2D eigenvalue weighted by Crippen LogP contribution is -2.49. The second-order valence-corrected chi connectivity index (χ2v) is 10.0. The van der Waals surface area contributed by atoms with Crippen LogP contribution in [0.1, 0.15) is 36.5 Å². The van der Waals surface area contributed by atoms with Crippen molar-refractivity contribution in [1.82, 2.24) is 0 Å². The van der Waals surface area contributed by atoms with Crippen LogP contribution < -0.4 is 0 Å². The maximum atomic E-state index is 12.7. The minimum absolute atomic E-state index is 0.0109. The van der Waals surface area contributed by atoms with Gasteiger partial charge in [0.2, 0.25) is 0 Å². The Bertz CT molecular complexity index is 698. The summed E-state index contributed by atoms with van der Waals surface area (Å²) in [6.07, 6.45) is 0.952. The summed E-state index contributed by atoms with van der Waals surface area (Å²) in [4.78, 5) is 37.3. The lowest BCUT2D eigenvalue weighted by Gasteiger charge is -2.38. The van der Waals surface area contributed by atoms with Crippen LogP contribution in [0.15, 0.2) is 30.3 Å². The average molecular weight is 409 g/mol. The van der Waals surface area contributed by atoms with Gasteiger partial charge in [-0.15, -0.1) is 23.5 Å². The van der Waals surface area contributed by atoms with E-state index in [0.717, 1.165) is 17.9 Å². The molecule has 1 aliphatic heterocycles. The molecule has 1 saturated heterocycles. The topological polar surface area (TPSA) is 80.7 Å². The number of hydrogen-bond donors (Lipinski definition) is 1. The van der Waals surface area contributed by atoms with E-state index >= 15 is 0 Å². The first-order valence-electron chi connectivity index (χ1n) is 9.12. The quantitative estimate of drug-likeness (QED) is 0.750. The molecule has 1 aromatic carbocycles. The third-order valence-electron chi connectivity index (χ3n) is 5.07. The van der Waals surface area contributed by atoms with Crippen molar-refractivity contribution in [3.8, 4) is 0 Å². The number of thioether (sulfide) groups is 2. The first kappa shape index (κ1) is 20.4. The van der Waals surface area contributed by atoms with Gasteiger partial charge in [-0.2, -0.15) is 0 Å². The van der Waals surface area contributed by atoms with Gasteiger partial charge in [-0.1, -0.05) is 18.2 Å². The van der Waals surface area contributed by atoms with Crippen LogP contribution >= 0.6 is 23.5 Å². The van der Waals surface area contributed by atoms with Crippen molar-refractivity contribution >= 4 is 41.1 Å². The van der Waals surface area contributed by atoms with Gasteiger partial charge >= 0.3 is 5.97 Å². The SMILES string of the molecule is C[C@]1(O)CC(=O)[C@@H]([C@@H](COC(=O)c2ccccc2)C2SCCCS2)CC1=O. The molecule has 146 valence electrons. The largest absolute Gasteiger partial charge is 0.462 e. The van der Waals surface area contributed by atoms with Crippen molar-refractivity contribution in [2.24, 2.45) is 11.8 Å². The van der Waals surface area contributed by atoms with Crippen LogP contribution in [0.25, 0.3) is 0 Å². The summed E-state index contributed by atoms with van der Waals surface area (Å²) >= 11 is 3.52. The van der Waals surface area contributed by atoms with Gasteiger partial charge in [0.1, 0.15) is 11.4 Å². The highest BCUT2D eigenvalue weighted by Gasteiger charge is 2.47. The average Bonchev–Trinajstić information content (AvgIpc) is 2.67. The maximum absolute atomic E-state index is 12.7. The number of carbonyl (C=O) groups is 3. The van der Waals surface area contributed by atoms with Crippen LogP contribution in [0.4, 0.5) is 0 Å². The van der Waals surface area contributed by atoms with Gasteiger partial charge < -0.3 is 9.84 Å². The predicted molar refractivity (Wildman–Crippen MR) is 107 cm³/mol. The van der Waals surface area contributed by atoms with Crippen LogP contribution in [0, 0.1) is 11.8 Å². The van der Waals surface area contributed by atoms with Crippen molar-refractivity contribution < 1.29 is 24.2 Å². The van der Waals surface area contributed by atoms with E-state index in [1.165, 1.54) is 6.92 Å². The Morgan fingerprint density at radius 2 is 1.93 bits per heavy atom. The zero-order valence-electron chi connectivity index (χ0n) is 15.3. The van der Waals surface area contributed by atoms with E-state index in [9.17, 15) is 19.5 Å². The number of Topliss-reactive ketones (excluding diaryl/α,β-unsaturated/α-hetero) is 2. The fourth-order valence-electron chi connectivity index (χ4n) is 3.46. The maximum Gasteiger partial charge on any atom is 0.338 e. The molecular weight excluding hydrogens is 384 g/mol. The van der Waals surface area contributed by atoms with Crippen molar-refractivity contribution in [1.29, 1.82) is 0 Å². The van der Waals surface area contributed by atoms with Gasteiger partial charge in [0.15, 0.2) is 5.78 Å². The minimum atomic E-state index is -1.58. The highest BCUT2D eigenvalue weighted by molar-refractivity contribution is 8.17. The molecule has 0 radical (unpaired) electrons. The van der Waals surface area contributed by atoms with E-state index in [-0.39, 0.29) is 41.5 Å². The minimum Gasteiger partial charge on any atom is -0.462 e. The van der Waals surface area contributed by atoms with Crippen LogP contribution in [-0.2, 0) is 14.3 Å². The Kier molecular flexibility index (Phi) is 6.65. The molecule has 3 atom stereocenters. The van der Waals surface area contributed by atoms with Crippen molar-refractivity contribution in [2.45, 2.75) is 36.4 Å². The molecule has 1 aromatic rings. The third kappa shape index (κ3) is 4.95. The number of ether oxygens (including phenoxy) is 1. The Morgan fingerprint density at radius 1 is 1.26 bits per heavy atom. The molecule has 3 rings (SSSR count). The Balaban J connectivity index is 1.74. The molecule has 0 amide bonds. The van der Waals surface area contributed by atoms with E-state index in [2.05, 4.69) is 0 Å². The molecule has 2 aliphatic rings. The first-order chi connectivity index (χ1) is 12.9. The summed E-state index contributed by atoms with van der Waals surface area (Å²) in [5.74, 6) is 0.392. The molecule has 5 nitrogen and oxygen atoms in total. The van der Waals surface area contributed by atoms with Crippen molar-refractivity contribution in [3.05, 3.63) is 35.9 Å². The van der Waals surface area contributed by atoms with Gasteiger partial charge in [-0.05, 0) is 37.0 Å². The predicted octanol–water partition coefficient (Wildman–Crippen LogP) is 2.96. The molecule has 0 spiro atoms. The van der Waals surface area contributed by atoms with E-state index in [0.29, 0.717) is 5.56 Å². The molecule has 1 heterocycles. The lowest BCUT2D eigenvalue weighted by atomic mass is 9.73. The summed E-state index contributed by atoms with van der Waals surface area (Å²) in [6.45, 7) is 1.50. The first-order valence-corrected chi connectivity index (χ1v) is 11.2. The highest BCUT2D eigenvalue weighted by Crippen LogP contribution is 2.43. The standard InChI is InChI=1S/C20H24O5S2/c1-20(24)11-16(21)14(10-17(20)22)15(19-26-8-5-9-27-19)12-25-18(23)13-6-3-2-4-7-13/h2-4,6-7,14-15,19,24H,5,8-12H2,1H3/t14-,15-,20+/m1/s1. The molecule has 1 N–H and O–H groups in total. The molecule has 27 heavy (non-hydrogen) atoms. The van der Waals surface area contributed by atoms with Gasteiger partial charge in [0.25, 0.3) is 0 Å². The van der Waals surface area contributed by atoms with Crippen LogP contribution in [0.5, 0.6) is 0 Å². The third-order valence-corrected chi connectivity index (χ3v) is 8.30. The summed E-state index contributed by atoms with van der Waals surface area (Å²) in [6, 6.07) is 8.74. The van der Waals surface area contributed by atoms with E-state index in [1.54, 1.807) is 47.8 Å². The number of benzene rings is 1. The Morgan fingerprint density at radius 3 is 2.59 bits per heavy atom. The number of rotatable bonds is 5. The van der Waals surface area contributed by atoms with Gasteiger partial charge in [0.05, 0.1) is 16.8 Å². The van der Waals surface area contributed by atoms with Gasteiger partial charge in [-0.3, -0.25) is 9.59 Å². The summed E-state index contributed by atoms with van der Waals surface area (Å²) < 4.78 is 5.64. The molecule has 0 aromatic heterocycles. The fourth-order valence-corrected chi connectivity index (χ4v) is 6.72. The number of esters is 1. The molecule has 1 aliphatic carbocycles. The van der Waals surface area contributed by atoms with Crippen LogP contribution in [0.2, 0.25) is 0 Å². The van der Waals surface area contributed by atoms with Crippen LogP contribution in [0.3, 0.4) is 0 Å². The Labute approximate surface area is 167 Å². The monoisotopic (exact) mass is 408 g/mol. The fraction of sp³-hybridized carbons (Fsp3) is 0.550. The van der Waals surface area contributed by atoms with Crippen LogP contribution in [-0.4, -0.2) is 50.9 Å². The number of aliphatic hydroxyl groups is 1. The second-order valence-electron chi connectivity index (χ2n) is 7.24. The van der Waals surface area contributed by atoms with Crippen molar-refractivity contribution in [3.63, 3.8) is 0 Å². The van der Waals surface area contributed by atoms with E-state index < -0.39 is 17.5 Å². The van der Waals surface area contributed by atoms with E-state index in [4.69, 9.17) is 4.74 Å². The normalized spacial score (nSPS) is 28.0. The summed E-state index contributed by atoms with van der Waals surface area (Å²) in [5, 5.41) is 10.1. The number of hydrogen-bond acceptors (Lipinski definition) is 7. The molecule has 0 unspecified atom stereocenters. The summed E-state index contributed by atoms with van der Waals surface area (Å²) in [7, 11) is 0. The van der Waals surface area contributed by atoms with Gasteiger partial charge in [0, 0.05) is 24.7 Å². The number of carbonyl (C=O) groups excluding carboxylic acids is 3.